The zero-order chi connectivity index (χ0) is 29.3. The first-order valence-corrected chi connectivity index (χ1v) is 12.5. The van der Waals surface area contributed by atoms with E-state index in [1.54, 1.807) is 23.1 Å². The van der Waals surface area contributed by atoms with E-state index in [1.165, 1.54) is 19.2 Å². The summed E-state index contributed by atoms with van der Waals surface area (Å²) in [5.74, 6) is 0.497. The lowest BCUT2D eigenvalue weighted by atomic mass is 10.1. The predicted molar refractivity (Wildman–Crippen MR) is 150 cm³/mol. The van der Waals surface area contributed by atoms with E-state index in [9.17, 15) is 18.8 Å². The van der Waals surface area contributed by atoms with Crippen LogP contribution in [0, 0.1) is 19.7 Å². The molecule has 1 aromatic heterocycles. The van der Waals surface area contributed by atoms with E-state index in [0.29, 0.717) is 24.4 Å². The predicted octanol–water partition coefficient (Wildman–Crippen LogP) is 5.16. The van der Waals surface area contributed by atoms with Gasteiger partial charge in [0.05, 0.1) is 11.9 Å². The summed E-state index contributed by atoms with van der Waals surface area (Å²) >= 11 is 0. The van der Waals surface area contributed by atoms with E-state index in [2.05, 4.69) is 15.3 Å². The molecule has 0 aliphatic rings. The van der Waals surface area contributed by atoms with Gasteiger partial charge in [-0.25, -0.2) is 19.2 Å². The quantitative estimate of drug-likeness (QED) is 0.154. The molecule has 0 atom stereocenters. The minimum Gasteiger partial charge on any atom is -0.439 e. The molecular weight excluding hydrogens is 517 g/mol. The number of imide groups is 1. The third-order valence-corrected chi connectivity index (χ3v) is 5.21. The number of aliphatic imine (C=N–C) groups is 1. The molecule has 0 aliphatic heterocycles. The zero-order valence-corrected chi connectivity index (χ0v) is 23.0. The average Bonchev–Trinajstić information content (AvgIpc) is 2.93. The lowest BCUT2D eigenvalue weighted by Gasteiger charge is -2.25. The van der Waals surface area contributed by atoms with Gasteiger partial charge in [0.25, 0.3) is 0 Å². The maximum Gasteiger partial charge on any atom is 0.327 e. The minimum atomic E-state index is -0.734. The number of carbonyl (C=O) groups is 3. The van der Waals surface area contributed by atoms with Crippen LogP contribution in [0.3, 0.4) is 0 Å². The van der Waals surface area contributed by atoms with E-state index in [-0.39, 0.29) is 25.0 Å². The van der Waals surface area contributed by atoms with Crippen LogP contribution in [0.4, 0.5) is 14.9 Å². The summed E-state index contributed by atoms with van der Waals surface area (Å²) in [4.78, 5) is 42.5. The van der Waals surface area contributed by atoms with Crippen molar-refractivity contribution in [1.29, 1.82) is 0 Å². The highest BCUT2D eigenvalue weighted by molar-refractivity contribution is 6.00. The minimum absolute atomic E-state index is 0.129. The van der Waals surface area contributed by atoms with Crippen LogP contribution in [-0.2, 0) is 20.9 Å². The molecule has 0 saturated heterocycles. The molecule has 3 amide bonds. The standard InChI is InChI=1S/C25H26FN5O4.C4H8O/c1-17-4-6-19(7-5-17)14-31(16-34-3)24(30-25(33)28-15-32)29-21-9-10-22(18(2)12-21)35-23-11-8-20(26)13-27-23;1-2-3-4-5/h4-13,15H,14,16H2,1-3H3,(H2,28,29,30,32,33);4H,2-3H2,1H3. The number of hydrogen-bond acceptors (Lipinski definition) is 7. The van der Waals surface area contributed by atoms with Crippen molar-refractivity contribution < 1.29 is 28.2 Å². The largest absolute Gasteiger partial charge is 0.439 e. The van der Waals surface area contributed by atoms with Gasteiger partial charge in [0, 0.05) is 26.1 Å². The number of unbranched alkanes of at least 4 members (excludes halogenated alkanes) is 1. The molecule has 0 radical (unpaired) electrons. The second-order valence-electron chi connectivity index (χ2n) is 8.57. The summed E-state index contributed by atoms with van der Waals surface area (Å²) in [5, 5.41) is 4.65. The first-order chi connectivity index (χ1) is 19.3. The molecule has 1 heterocycles. The summed E-state index contributed by atoms with van der Waals surface area (Å²) in [6.45, 7) is 6.32. The van der Waals surface area contributed by atoms with Gasteiger partial charge < -0.3 is 19.2 Å². The number of urea groups is 1. The first-order valence-electron chi connectivity index (χ1n) is 12.5. The molecule has 0 aliphatic carbocycles. The van der Waals surface area contributed by atoms with Crippen molar-refractivity contribution in [2.45, 2.75) is 40.2 Å². The lowest BCUT2D eigenvalue weighted by Crippen LogP contribution is -2.48. The Morgan fingerprint density at radius 1 is 1.10 bits per heavy atom. The fourth-order valence-electron chi connectivity index (χ4n) is 3.21. The Morgan fingerprint density at radius 2 is 1.85 bits per heavy atom. The van der Waals surface area contributed by atoms with Gasteiger partial charge in [0.2, 0.25) is 18.2 Å². The van der Waals surface area contributed by atoms with Crippen LogP contribution in [0.5, 0.6) is 11.6 Å². The molecule has 0 bridgehead atoms. The van der Waals surface area contributed by atoms with Crippen molar-refractivity contribution in [2.24, 2.45) is 4.99 Å². The number of ether oxygens (including phenoxy) is 2. The second kappa shape index (κ2) is 17.0. The molecule has 2 aromatic carbocycles. The molecule has 40 heavy (non-hydrogen) atoms. The summed E-state index contributed by atoms with van der Waals surface area (Å²) < 4.78 is 24.1. The second-order valence-corrected chi connectivity index (χ2v) is 8.57. The van der Waals surface area contributed by atoms with E-state index >= 15 is 0 Å². The highest BCUT2D eigenvalue weighted by Crippen LogP contribution is 2.27. The topological polar surface area (TPSA) is 122 Å². The van der Waals surface area contributed by atoms with Crippen LogP contribution in [0.25, 0.3) is 0 Å². The average molecular weight is 552 g/mol. The Hall–Kier alpha value is -4.64. The number of aldehydes is 1. The Labute approximate surface area is 233 Å². The number of carbonyl (C=O) groups excluding carboxylic acids is 3. The highest BCUT2D eigenvalue weighted by Gasteiger charge is 2.16. The van der Waals surface area contributed by atoms with Gasteiger partial charge in [0.15, 0.2) is 0 Å². The molecule has 0 spiro atoms. The van der Waals surface area contributed by atoms with E-state index in [4.69, 9.17) is 9.47 Å². The molecule has 0 saturated carbocycles. The summed E-state index contributed by atoms with van der Waals surface area (Å²) in [7, 11) is 1.53. The third kappa shape index (κ3) is 11.0. The Bertz CT molecular complexity index is 1270. The van der Waals surface area contributed by atoms with Crippen LogP contribution in [0.2, 0.25) is 0 Å². The van der Waals surface area contributed by atoms with Gasteiger partial charge in [0.1, 0.15) is 24.6 Å². The number of methoxy groups -OCH3 is 1. The number of aryl methyl sites for hydroxylation is 2. The molecule has 10 nitrogen and oxygen atoms in total. The van der Waals surface area contributed by atoms with E-state index in [1.807, 2.05) is 50.4 Å². The van der Waals surface area contributed by atoms with Gasteiger partial charge in [-0.3, -0.25) is 15.4 Å². The Balaban J connectivity index is 0.00000103. The smallest absolute Gasteiger partial charge is 0.327 e. The van der Waals surface area contributed by atoms with Gasteiger partial charge in [-0.1, -0.05) is 36.8 Å². The SMILES string of the molecule is CCCC=O.COCN(Cc1ccc(C)cc1)C(=Nc1ccc(Oc2ccc(F)cn2)c(C)c1)NC(=O)NC=O. The van der Waals surface area contributed by atoms with Crippen molar-refractivity contribution in [2.75, 3.05) is 13.8 Å². The number of benzene rings is 2. The number of guanidine groups is 1. The Morgan fingerprint density at radius 3 is 2.40 bits per heavy atom. The van der Waals surface area contributed by atoms with Crippen LogP contribution < -0.4 is 15.4 Å². The van der Waals surface area contributed by atoms with Crippen molar-refractivity contribution in [3.63, 3.8) is 0 Å². The monoisotopic (exact) mass is 551 g/mol. The molecule has 11 heteroatoms. The van der Waals surface area contributed by atoms with Gasteiger partial charge in [-0.2, -0.15) is 0 Å². The summed E-state index contributed by atoms with van der Waals surface area (Å²) in [5.41, 5.74) is 3.36. The molecule has 0 unspecified atom stereocenters. The normalized spacial score (nSPS) is 10.6. The molecule has 3 aromatic rings. The van der Waals surface area contributed by atoms with Crippen LogP contribution in [-0.4, -0.2) is 48.4 Å². The zero-order valence-electron chi connectivity index (χ0n) is 23.0. The van der Waals surface area contributed by atoms with E-state index < -0.39 is 11.8 Å². The number of pyridine rings is 1. The number of amides is 3. The fourth-order valence-corrected chi connectivity index (χ4v) is 3.21. The number of aromatic nitrogens is 1. The van der Waals surface area contributed by atoms with Crippen molar-refractivity contribution in [3.8, 4) is 11.6 Å². The third-order valence-electron chi connectivity index (χ3n) is 5.21. The maximum absolute atomic E-state index is 13.1. The van der Waals surface area contributed by atoms with Gasteiger partial charge in [-0.15, -0.1) is 0 Å². The van der Waals surface area contributed by atoms with Crippen molar-refractivity contribution in [3.05, 3.63) is 83.3 Å². The van der Waals surface area contributed by atoms with Crippen LogP contribution in [0.1, 0.15) is 36.5 Å². The molecule has 3 rings (SSSR count). The summed E-state index contributed by atoms with van der Waals surface area (Å²) in [6, 6.07) is 15.0. The molecule has 0 fully saturated rings. The van der Waals surface area contributed by atoms with Gasteiger partial charge in [-0.05, 0) is 55.7 Å². The maximum atomic E-state index is 13.1. The van der Waals surface area contributed by atoms with Crippen LogP contribution >= 0.6 is 0 Å². The fraction of sp³-hybridized carbons (Fsp3) is 0.276. The first kappa shape index (κ1) is 31.6. The number of nitrogens with one attached hydrogen (secondary N) is 2. The number of rotatable bonds is 10. The van der Waals surface area contributed by atoms with Crippen molar-refractivity contribution >= 4 is 30.4 Å². The van der Waals surface area contributed by atoms with Crippen molar-refractivity contribution in [1.82, 2.24) is 20.5 Å². The van der Waals surface area contributed by atoms with E-state index in [0.717, 1.165) is 35.6 Å². The Kier molecular flexibility index (Phi) is 13.5. The highest BCUT2D eigenvalue weighted by atomic mass is 19.1. The number of hydrogen-bond donors (Lipinski definition) is 2. The lowest BCUT2D eigenvalue weighted by molar-refractivity contribution is -0.109. The van der Waals surface area contributed by atoms with Gasteiger partial charge >= 0.3 is 6.03 Å². The number of halogens is 1. The molecule has 2 N–H and O–H groups in total. The molecular formula is C29H34FN5O5. The molecule has 212 valence electrons. The summed E-state index contributed by atoms with van der Waals surface area (Å²) in [6.07, 6.45) is 3.97. The van der Waals surface area contributed by atoms with Crippen LogP contribution in [0.15, 0.2) is 65.8 Å². The number of nitrogens with zero attached hydrogens (tertiary/aromatic N) is 3.